The van der Waals surface area contributed by atoms with E-state index in [9.17, 15) is 14.4 Å². The van der Waals surface area contributed by atoms with E-state index < -0.39 is 5.41 Å². The summed E-state index contributed by atoms with van der Waals surface area (Å²) in [4.78, 5) is 47.3. The molecule has 1 spiro atoms. The molecule has 4 amide bonds. The number of hydrogen-bond acceptors (Lipinski definition) is 8. The number of benzene rings is 1. The molecular formula is C23H26ClN5O5S2. The SMILES string of the molecule is COC(=O)N1CCC2(C1)CN(C(=O)Nc1ncc(SCC(=O)N3CCOCC3)s1)c1ccc(Cl)cc12. The van der Waals surface area contributed by atoms with Crippen LogP contribution in [-0.4, -0.2) is 91.6 Å². The molecule has 4 heterocycles. The molecule has 3 aliphatic rings. The summed E-state index contributed by atoms with van der Waals surface area (Å²) in [6, 6.07) is 5.18. The first-order valence-electron chi connectivity index (χ1n) is 11.5. The molecule has 2 aromatic rings. The maximum atomic E-state index is 13.3. The van der Waals surface area contributed by atoms with Crippen molar-refractivity contribution in [2.75, 3.05) is 69.0 Å². The molecule has 2 fully saturated rings. The largest absolute Gasteiger partial charge is 0.453 e. The van der Waals surface area contributed by atoms with Crippen LogP contribution in [0.4, 0.5) is 20.4 Å². The van der Waals surface area contributed by atoms with Gasteiger partial charge in [-0.3, -0.25) is 15.0 Å². The fraction of sp³-hybridized carbons (Fsp3) is 0.478. The van der Waals surface area contributed by atoms with E-state index in [-0.39, 0.29) is 18.0 Å². The Hall–Kier alpha value is -2.54. The lowest BCUT2D eigenvalue weighted by atomic mass is 9.81. The predicted molar refractivity (Wildman–Crippen MR) is 138 cm³/mol. The second-order valence-electron chi connectivity index (χ2n) is 8.87. The minimum atomic E-state index is -0.407. The van der Waals surface area contributed by atoms with Crippen molar-refractivity contribution in [2.45, 2.75) is 16.0 Å². The van der Waals surface area contributed by atoms with E-state index in [0.29, 0.717) is 68.3 Å². The van der Waals surface area contributed by atoms with Crippen molar-refractivity contribution in [3.05, 3.63) is 35.0 Å². The normalized spacial score (nSPS) is 21.1. The third-order valence-corrected chi connectivity index (χ3v) is 9.04. The van der Waals surface area contributed by atoms with Gasteiger partial charge in [-0.15, -0.1) is 11.8 Å². The summed E-state index contributed by atoms with van der Waals surface area (Å²) >= 11 is 9.04. The second-order valence-corrected chi connectivity index (χ2v) is 11.6. The number of likely N-dealkylation sites (tertiary alicyclic amines) is 1. The monoisotopic (exact) mass is 551 g/mol. The number of amides is 4. The van der Waals surface area contributed by atoms with Crippen LogP contribution in [0.25, 0.3) is 0 Å². The maximum absolute atomic E-state index is 13.3. The van der Waals surface area contributed by atoms with Crippen LogP contribution in [0.5, 0.6) is 0 Å². The molecule has 0 saturated carbocycles. The molecule has 0 bridgehead atoms. The van der Waals surface area contributed by atoms with Gasteiger partial charge in [0.25, 0.3) is 0 Å². The predicted octanol–water partition coefficient (Wildman–Crippen LogP) is 3.51. The smallest absolute Gasteiger partial charge is 0.409 e. The minimum absolute atomic E-state index is 0.0671. The summed E-state index contributed by atoms with van der Waals surface area (Å²) in [7, 11) is 1.37. The number of methoxy groups -OCH3 is 1. The molecular weight excluding hydrogens is 526 g/mol. The highest BCUT2D eigenvalue weighted by Crippen LogP contribution is 2.47. The van der Waals surface area contributed by atoms with E-state index in [4.69, 9.17) is 21.1 Å². The van der Waals surface area contributed by atoms with Crippen LogP contribution in [0.15, 0.2) is 28.6 Å². The van der Waals surface area contributed by atoms with E-state index in [1.807, 2.05) is 12.1 Å². The van der Waals surface area contributed by atoms with Gasteiger partial charge in [0.05, 0.1) is 36.5 Å². The Morgan fingerprint density at radius 2 is 2.03 bits per heavy atom. The molecule has 1 atom stereocenters. The first-order valence-corrected chi connectivity index (χ1v) is 13.7. The Labute approximate surface area is 221 Å². The van der Waals surface area contributed by atoms with Gasteiger partial charge in [0.1, 0.15) is 0 Å². The number of nitrogens with zero attached hydrogens (tertiary/aromatic N) is 4. The van der Waals surface area contributed by atoms with Crippen molar-refractivity contribution in [3.8, 4) is 0 Å². The van der Waals surface area contributed by atoms with Crippen molar-refractivity contribution in [3.63, 3.8) is 0 Å². The lowest BCUT2D eigenvalue weighted by Gasteiger charge is -2.26. The van der Waals surface area contributed by atoms with Gasteiger partial charge in [-0.25, -0.2) is 14.6 Å². The quantitative estimate of drug-likeness (QED) is 0.580. The third-order valence-electron chi connectivity index (χ3n) is 6.71. The Balaban J connectivity index is 1.25. The van der Waals surface area contributed by atoms with Crippen LogP contribution in [0.2, 0.25) is 5.02 Å². The number of carbonyl (C=O) groups excluding carboxylic acids is 3. The van der Waals surface area contributed by atoms with Crippen molar-refractivity contribution in [1.29, 1.82) is 0 Å². The summed E-state index contributed by atoms with van der Waals surface area (Å²) in [5.41, 5.74) is 1.31. The first kappa shape index (κ1) is 25.1. The zero-order valence-corrected chi connectivity index (χ0v) is 22.1. The van der Waals surface area contributed by atoms with Gasteiger partial charge in [0, 0.05) is 48.8 Å². The number of rotatable bonds is 4. The Kier molecular flexibility index (Phi) is 7.29. The van der Waals surface area contributed by atoms with Gasteiger partial charge in [-0.05, 0) is 30.2 Å². The summed E-state index contributed by atoms with van der Waals surface area (Å²) < 4.78 is 11.0. The molecule has 13 heteroatoms. The standard InChI is InChI=1S/C23H26ClN5O5S2/c1-33-22(32)28-5-4-23(13-28)14-29(17-3-2-15(24)10-16(17)23)21(31)26-20-25-11-19(36-20)35-12-18(30)27-6-8-34-9-7-27/h2-3,10-11H,4-9,12-14H2,1H3,(H,25,26,31). The van der Waals surface area contributed by atoms with E-state index in [0.717, 1.165) is 15.5 Å². The van der Waals surface area contributed by atoms with Gasteiger partial charge in [-0.2, -0.15) is 0 Å². The van der Waals surface area contributed by atoms with Crippen LogP contribution >= 0.6 is 34.7 Å². The van der Waals surface area contributed by atoms with Crippen LogP contribution in [-0.2, 0) is 19.7 Å². The fourth-order valence-corrected chi connectivity index (χ4v) is 6.85. The molecule has 2 saturated heterocycles. The van der Waals surface area contributed by atoms with Gasteiger partial charge in [0.2, 0.25) is 5.91 Å². The first-order chi connectivity index (χ1) is 17.4. The van der Waals surface area contributed by atoms with Crippen molar-refractivity contribution < 1.29 is 23.9 Å². The number of morpholine rings is 1. The lowest BCUT2D eigenvalue weighted by Crippen LogP contribution is -2.41. The molecule has 5 rings (SSSR count). The molecule has 0 radical (unpaired) electrons. The number of halogens is 1. The highest BCUT2D eigenvalue weighted by Gasteiger charge is 2.50. The number of fused-ring (bicyclic) bond motifs is 2. The molecule has 3 aliphatic heterocycles. The van der Waals surface area contributed by atoms with Crippen LogP contribution in [0.1, 0.15) is 12.0 Å². The lowest BCUT2D eigenvalue weighted by molar-refractivity contribution is -0.132. The average molecular weight is 552 g/mol. The average Bonchev–Trinajstić information content (AvgIpc) is 3.61. The van der Waals surface area contributed by atoms with E-state index in [2.05, 4.69) is 10.3 Å². The number of thiazole rings is 1. The second kappa shape index (κ2) is 10.4. The Morgan fingerprint density at radius 1 is 1.22 bits per heavy atom. The van der Waals surface area contributed by atoms with E-state index in [1.54, 1.807) is 27.0 Å². The zero-order valence-electron chi connectivity index (χ0n) is 19.7. The summed E-state index contributed by atoms with van der Waals surface area (Å²) in [6.07, 6.45) is 1.99. The number of hydrogen-bond donors (Lipinski definition) is 1. The highest BCUT2D eigenvalue weighted by atomic mass is 35.5. The van der Waals surface area contributed by atoms with Crippen LogP contribution in [0.3, 0.4) is 0 Å². The molecule has 192 valence electrons. The molecule has 0 aliphatic carbocycles. The number of urea groups is 1. The van der Waals surface area contributed by atoms with E-state index >= 15 is 0 Å². The number of anilines is 2. The number of nitrogens with one attached hydrogen (secondary N) is 1. The van der Waals surface area contributed by atoms with Crippen LogP contribution < -0.4 is 10.2 Å². The van der Waals surface area contributed by atoms with Gasteiger partial charge < -0.3 is 19.3 Å². The van der Waals surface area contributed by atoms with Gasteiger partial charge in [-0.1, -0.05) is 22.9 Å². The van der Waals surface area contributed by atoms with Gasteiger partial charge >= 0.3 is 12.1 Å². The molecule has 1 aromatic carbocycles. The highest BCUT2D eigenvalue weighted by molar-refractivity contribution is 8.01. The minimum Gasteiger partial charge on any atom is -0.453 e. The van der Waals surface area contributed by atoms with Crippen LogP contribution in [0, 0.1) is 0 Å². The number of ether oxygens (including phenoxy) is 2. The molecule has 1 aromatic heterocycles. The molecule has 1 N–H and O–H groups in total. The molecule has 36 heavy (non-hydrogen) atoms. The number of thioether (sulfide) groups is 1. The Bertz CT molecular complexity index is 1170. The fourth-order valence-electron chi connectivity index (χ4n) is 4.91. The number of carbonyl (C=O) groups is 3. The maximum Gasteiger partial charge on any atom is 0.409 e. The summed E-state index contributed by atoms with van der Waals surface area (Å²) in [5.74, 6) is 0.382. The third kappa shape index (κ3) is 4.99. The van der Waals surface area contributed by atoms with E-state index in [1.165, 1.54) is 30.2 Å². The summed E-state index contributed by atoms with van der Waals surface area (Å²) in [5, 5.41) is 3.94. The zero-order chi connectivity index (χ0) is 25.3. The molecule has 10 nitrogen and oxygen atoms in total. The summed E-state index contributed by atoms with van der Waals surface area (Å²) in [6.45, 7) is 3.79. The number of aromatic nitrogens is 1. The van der Waals surface area contributed by atoms with Crippen molar-refractivity contribution >= 4 is 63.6 Å². The van der Waals surface area contributed by atoms with Gasteiger partial charge in [0.15, 0.2) is 5.13 Å². The topological polar surface area (TPSA) is 104 Å². The Morgan fingerprint density at radius 3 is 2.81 bits per heavy atom. The van der Waals surface area contributed by atoms with Crippen molar-refractivity contribution in [2.24, 2.45) is 0 Å². The van der Waals surface area contributed by atoms with Crippen molar-refractivity contribution in [1.82, 2.24) is 14.8 Å². The molecule has 1 unspecified atom stereocenters.